The van der Waals surface area contributed by atoms with Crippen molar-refractivity contribution in [1.82, 2.24) is 5.01 Å². The van der Waals surface area contributed by atoms with E-state index < -0.39 is 0 Å². The van der Waals surface area contributed by atoms with Crippen molar-refractivity contribution in [1.29, 1.82) is 0 Å². The first-order valence-electron chi connectivity index (χ1n) is 9.89. The van der Waals surface area contributed by atoms with Gasteiger partial charge in [0, 0.05) is 14.1 Å². The molecule has 0 spiro atoms. The second kappa shape index (κ2) is 6.39. The number of nitrogens with zero attached hydrogens (tertiary/aromatic N) is 3. The fourth-order valence-electron chi connectivity index (χ4n) is 5.94. The Balaban J connectivity index is 1.61. The molecule has 3 aliphatic carbocycles. The first kappa shape index (κ1) is 17.0. The van der Waals surface area contributed by atoms with Gasteiger partial charge in [-0.05, 0) is 85.0 Å². The van der Waals surface area contributed by atoms with Crippen LogP contribution >= 0.6 is 0 Å². The molecule has 0 amide bonds. The van der Waals surface area contributed by atoms with E-state index >= 15 is 0 Å². The molecule has 25 heavy (non-hydrogen) atoms. The van der Waals surface area contributed by atoms with Gasteiger partial charge in [0.15, 0.2) is 0 Å². The molecule has 0 radical (unpaired) electrons. The molecule has 1 N–H and O–H groups in total. The Hall–Kier alpha value is -1.42. The van der Waals surface area contributed by atoms with Gasteiger partial charge in [0.2, 0.25) is 0 Å². The highest BCUT2D eigenvalue weighted by molar-refractivity contribution is 5.46. The van der Waals surface area contributed by atoms with E-state index in [0.29, 0.717) is 11.8 Å². The standard InChI is InChI=1S/C21H31N3O/c1-21-12-11-17-16-10-8-15(22-23-24(2)3)13-14(16)7-9-18(17)19(21)5-4-6-20(21)25/h8,10,13,17-20,25H,4-7,9,11-12H2,1-3H3. The molecule has 0 saturated heterocycles. The molecular weight excluding hydrogens is 310 g/mol. The maximum Gasteiger partial charge on any atom is 0.0877 e. The molecule has 0 heterocycles. The number of aryl methyl sites for hydroxylation is 1. The van der Waals surface area contributed by atoms with Crippen LogP contribution in [0.4, 0.5) is 5.69 Å². The molecule has 0 aliphatic heterocycles. The molecule has 5 atom stereocenters. The maximum atomic E-state index is 10.7. The third-order valence-corrected chi connectivity index (χ3v) is 7.24. The van der Waals surface area contributed by atoms with Crippen LogP contribution in [-0.4, -0.2) is 30.3 Å². The van der Waals surface area contributed by atoms with Gasteiger partial charge in [-0.15, -0.1) is 5.11 Å². The molecule has 3 aliphatic rings. The second-order valence-corrected chi connectivity index (χ2v) is 8.83. The zero-order valence-electron chi connectivity index (χ0n) is 15.8. The molecule has 5 unspecified atom stereocenters. The van der Waals surface area contributed by atoms with Crippen LogP contribution in [0.1, 0.15) is 62.5 Å². The van der Waals surface area contributed by atoms with Crippen molar-refractivity contribution in [2.45, 2.75) is 63.9 Å². The van der Waals surface area contributed by atoms with Gasteiger partial charge in [0.25, 0.3) is 0 Å². The van der Waals surface area contributed by atoms with Gasteiger partial charge in [0.05, 0.1) is 11.8 Å². The van der Waals surface area contributed by atoms with E-state index in [1.807, 2.05) is 14.1 Å². The summed E-state index contributed by atoms with van der Waals surface area (Å²) < 4.78 is 0. The number of aliphatic hydroxyl groups is 1. The average molecular weight is 341 g/mol. The fraction of sp³-hybridized carbons (Fsp3) is 0.714. The lowest BCUT2D eigenvalue weighted by molar-refractivity contribution is -0.0976. The first-order chi connectivity index (χ1) is 12.0. The molecule has 4 heteroatoms. The van der Waals surface area contributed by atoms with Crippen molar-refractivity contribution in [2.75, 3.05) is 14.1 Å². The van der Waals surface area contributed by atoms with Crippen LogP contribution in [0, 0.1) is 17.3 Å². The topological polar surface area (TPSA) is 48.2 Å². The molecule has 4 rings (SSSR count). The Morgan fingerprint density at radius 3 is 2.80 bits per heavy atom. The number of benzene rings is 1. The minimum Gasteiger partial charge on any atom is -0.393 e. The molecular formula is C21H31N3O. The number of aliphatic hydroxyl groups excluding tert-OH is 1. The van der Waals surface area contributed by atoms with E-state index in [2.05, 4.69) is 35.5 Å². The lowest BCUT2D eigenvalue weighted by Crippen LogP contribution is -2.51. The monoisotopic (exact) mass is 341 g/mol. The number of hydrogen-bond donors (Lipinski definition) is 1. The van der Waals surface area contributed by atoms with Crippen molar-refractivity contribution in [2.24, 2.45) is 27.6 Å². The first-order valence-corrected chi connectivity index (χ1v) is 9.89. The van der Waals surface area contributed by atoms with E-state index in [0.717, 1.165) is 24.4 Å². The van der Waals surface area contributed by atoms with Gasteiger partial charge < -0.3 is 5.11 Å². The maximum absolute atomic E-state index is 10.7. The van der Waals surface area contributed by atoms with E-state index in [1.165, 1.54) is 37.7 Å². The molecule has 136 valence electrons. The zero-order chi connectivity index (χ0) is 17.6. The molecule has 2 fully saturated rings. The molecule has 4 nitrogen and oxygen atoms in total. The third-order valence-electron chi connectivity index (χ3n) is 7.24. The molecule has 0 aromatic heterocycles. The molecule has 1 aromatic rings. The van der Waals surface area contributed by atoms with Crippen LogP contribution in [0.3, 0.4) is 0 Å². The van der Waals surface area contributed by atoms with Crippen LogP contribution in [-0.2, 0) is 6.42 Å². The SMILES string of the molecule is CN(C)N=Nc1ccc2c(c1)CCC1C2CCC2(C)C(O)CCCC12. The van der Waals surface area contributed by atoms with E-state index in [-0.39, 0.29) is 11.5 Å². The normalized spacial score (nSPS) is 37.3. The van der Waals surface area contributed by atoms with Gasteiger partial charge in [-0.25, -0.2) is 0 Å². The summed E-state index contributed by atoms with van der Waals surface area (Å²) in [6, 6.07) is 6.66. The van der Waals surface area contributed by atoms with E-state index in [9.17, 15) is 5.11 Å². The summed E-state index contributed by atoms with van der Waals surface area (Å²) >= 11 is 0. The van der Waals surface area contributed by atoms with Gasteiger partial charge in [-0.1, -0.05) is 24.6 Å². The van der Waals surface area contributed by atoms with Crippen molar-refractivity contribution >= 4 is 5.69 Å². The van der Waals surface area contributed by atoms with Crippen LogP contribution in [0.5, 0.6) is 0 Å². The number of hydrogen-bond acceptors (Lipinski definition) is 3. The Kier molecular flexibility index (Phi) is 4.35. The summed E-state index contributed by atoms with van der Waals surface area (Å²) in [6.07, 6.45) is 8.20. The average Bonchev–Trinajstić information content (AvgIpc) is 2.60. The summed E-state index contributed by atoms with van der Waals surface area (Å²) in [7, 11) is 3.79. The highest BCUT2D eigenvalue weighted by Crippen LogP contribution is 2.59. The predicted octanol–water partition coefficient (Wildman–Crippen LogP) is 4.85. The quantitative estimate of drug-likeness (QED) is 0.617. The zero-order valence-corrected chi connectivity index (χ0v) is 15.8. The Bertz CT molecular complexity index is 671. The third kappa shape index (κ3) is 2.88. The van der Waals surface area contributed by atoms with Gasteiger partial charge >= 0.3 is 0 Å². The van der Waals surface area contributed by atoms with Crippen molar-refractivity contribution < 1.29 is 5.11 Å². The Morgan fingerprint density at radius 2 is 2.00 bits per heavy atom. The van der Waals surface area contributed by atoms with Gasteiger partial charge in [-0.3, -0.25) is 5.01 Å². The molecule has 2 saturated carbocycles. The summed E-state index contributed by atoms with van der Waals surface area (Å²) in [5.41, 5.74) is 4.12. The minimum absolute atomic E-state index is 0.0950. The van der Waals surface area contributed by atoms with E-state index in [1.54, 1.807) is 10.6 Å². The van der Waals surface area contributed by atoms with Gasteiger partial charge in [-0.2, -0.15) is 0 Å². The molecule has 1 aromatic carbocycles. The van der Waals surface area contributed by atoms with Crippen LogP contribution in [0.25, 0.3) is 0 Å². The predicted molar refractivity (Wildman–Crippen MR) is 99.9 cm³/mol. The molecule has 0 bridgehead atoms. The Morgan fingerprint density at radius 1 is 1.16 bits per heavy atom. The van der Waals surface area contributed by atoms with Crippen LogP contribution < -0.4 is 0 Å². The minimum atomic E-state index is -0.0950. The number of fused-ring (bicyclic) bond motifs is 5. The second-order valence-electron chi connectivity index (χ2n) is 8.83. The highest BCUT2D eigenvalue weighted by atomic mass is 16.3. The van der Waals surface area contributed by atoms with Crippen LogP contribution in [0.2, 0.25) is 0 Å². The summed E-state index contributed by atoms with van der Waals surface area (Å²) in [5, 5.41) is 20.8. The van der Waals surface area contributed by atoms with Gasteiger partial charge in [0.1, 0.15) is 0 Å². The fourth-order valence-corrected chi connectivity index (χ4v) is 5.94. The summed E-state index contributed by atoms with van der Waals surface area (Å²) in [5.74, 6) is 2.11. The van der Waals surface area contributed by atoms with Crippen molar-refractivity contribution in [3.63, 3.8) is 0 Å². The lowest BCUT2D eigenvalue weighted by Gasteiger charge is -2.56. The number of rotatable bonds is 2. The Labute approximate surface area is 151 Å². The van der Waals surface area contributed by atoms with E-state index in [4.69, 9.17) is 0 Å². The summed E-state index contributed by atoms with van der Waals surface area (Å²) in [4.78, 5) is 0. The van der Waals surface area contributed by atoms with Crippen molar-refractivity contribution in [3.8, 4) is 0 Å². The summed E-state index contributed by atoms with van der Waals surface area (Å²) in [6.45, 7) is 2.36. The largest absolute Gasteiger partial charge is 0.393 e. The van der Waals surface area contributed by atoms with Crippen molar-refractivity contribution in [3.05, 3.63) is 29.3 Å². The smallest absolute Gasteiger partial charge is 0.0877 e. The lowest BCUT2D eigenvalue weighted by atomic mass is 9.50. The van der Waals surface area contributed by atoms with Crippen LogP contribution in [0.15, 0.2) is 28.5 Å². The highest BCUT2D eigenvalue weighted by Gasteiger charge is 2.52.